The van der Waals surface area contributed by atoms with E-state index in [1.165, 1.54) is 6.20 Å². The maximum absolute atomic E-state index is 12.3. The van der Waals surface area contributed by atoms with E-state index in [0.29, 0.717) is 25.2 Å². The fourth-order valence-corrected chi connectivity index (χ4v) is 2.04. The summed E-state index contributed by atoms with van der Waals surface area (Å²) in [6.45, 7) is 3.19. The molecule has 0 aliphatic rings. The van der Waals surface area contributed by atoms with Crippen LogP contribution in [-0.4, -0.2) is 20.8 Å². The molecule has 0 fully saturated rings. The Morgan fingerprint density at radius 1 is 1.32 bits per heavy atom. The number of nitrogens with two attached hydrogens (primary N) is 1. The Morgan fingerprint density at radius 2 is 2.05 bits per heavy atom. The van der Waals surface area contributed by atoms with Gasteiger partial charge in [-0.25, -0.2) is 4.68 Å². The lowest BCUT2D eigenvalue weighted by molar-refractivity contribution is 0.0982. The van der Waals surface area contributed by atoms with Crippen LogP contribution in [0.5, 0.6) is 0 Å². The van der Waals surface area contributed by atoms with Crippen molar-refractivity contribution >= 4 is 5.78 Å². The molecule has 0 aliphatic carbocycles. The van der Waals surface area contributed by atoms with Gasteiger partial charge in [0.2, 0.25) is 0 Å². The molecule has 1 aromatic heterocycles. The van der Waals surface area contributed by atoms with Crippen LogP contribution in [0.25, 0.3) is 0 Å². The average Bonchev–Trinajstić information content (AvgIpc) is 2.88. The van der Waals surface area contributed by atoms with E-state index in [1.807, 2.05) is 31.2 Å². The summed E-state index contributed by atoms with van der Waals surface area (Å²) >= 11 is 0. The molecule has 5 nitrogen and oxygen atoms in total. The molecule has 0 saturated carbocycles. The number of benzene rings is 1. The van der Waals surface area contributed by atoms with Crippen molar-refractivity contribution < 1.29 is 4.79 Å². The zero-order chi connectivity index (χ0) is 13.7. The molecule has 0 amide bonds. The van der Waals surface area contributed by atoms with Crippen LogP contribution in [0.1, 0.15) is 35.0 Å². The van der Waals surface area contributed by atoms with E-state index < -0.39 is 0 Å². The molecule has 2 rings (SSSR count). The van der Waals surface area contributed by atoms with Crippen LogP contribution in [0.2, 0.25) is 0 Å². The maximum atomic E-state index is 12.3. The third kappa shape index (κ3) is 3.06. The van der Waals surface area contributed by atoms with Crippen molar-refractivity contribution in [2.45, 2.75) is 32.9 Å². The predicted octanol–water partition coefficient (Wildman–Crippen LogP) is 1.57. The Morgan fingerprint density at radius 3 is 2.74 bits per heavy atom. The number of nitrogens with zero attached hydrogens (tertiary/aromatic N) is 3. The van der Waals surface area contributed by atoms with Gasteiger partial charge in [0.05, 0.1) is 6.20 Å². The smallest absolute Gasteiger partial charge is 0.186 e. The van der Waals surface area contributed by atoms with Crippen molar-refractivity contribution in [2.75, 3.05) is 0 Å². The molecule has 0 aliphatic heterocycles. The minimum Gasteiger partial charge on any atom is -0.326 e. The molecule has 0 spiro atoms. The highest BCUT2D eigenvalue weighted by Crippen LogP contribution is 2.12. The second-order valence-corrected chi connectivity index (χ2v) is 4.42. The lowest BCUT2D eigenvalue weighted by Gasteiger charge is -2.07. The number of carbonyl (C=O) groups is 1. The molecule has 0 radical (unpaired) electrons. The van der Waals surface area contributed by atoms with Crippen molar-refractivity contribution in [3.8, 4) is 0 Å². The normalized spacial score (nSPS) is 10.6. The van der Waals surface area contributed by atoms with Crippen LogP contribution in [0.15, 0.2) is 30.5 Å². The van der Waals surface area contributed by atoms with E-state index in [1.54, 1.807) is 4.68 Å². The third-order valence-electron chi connectivity index (χ3n) is 3.03. The van der Waals surface area contributed by atoms with Crippen LogP contribution in [-0.2, 0) is 19.5 Å². The first-order chi connectivity index (χ1) is 9.26. The van der Waals surface area contributed by atoms with Crippen molar-refractivity contribution in [1.29, 1.82) is 0 Å². The molecule has 0 atom stereocenters. The second kappa shape index (κ2) is 6.24. The largest absolute Gasteiger partial charge is 0.326 e. The monoisotopic (exact) mass is 258 g/mol. The third-order valence-corrected chi connectivity index (χ3v) is 3.03. The van der Waals surface area contributed by atoms with Gasteiger partial charge in [0.15, 0.2) is 5.78 Å². The van der Waals surface area contributed by atoms with Gasteiger partial charge in [-0.2, -0.15) is 0 Å². The van der Waals surface area contributed by atoms with E-state index >= 15 is 0 Å². The Kier molecular flexibility index (Phi) is 4.41. The molecular formula is C14H18N4O. The topological polar surface area (TPSA) is 73.8 Å². The molecule has 1 aromatic carbocycles. The van der Waals surface area contributed by atoms with Crippen LogP contribution in [0, 0.1) is 0 Å². The zero-order valence-corrected chi connectivity index (χ0v) is 11.0. The predicted molar refractivity (Wildman–Crippen MR) is 72.7 cm³/mol. The van der Waals surface area contributed by atoms with Crippen LogP contribution in [0.4, 0.5) is 0 Å². The molecule has 0 saturated heterocycles. The Bertz CT molecular complexity index is 562. The second-order valence-electron chi connectivity index (χ2n) is 4.42. The van der Waals surface area contributed by atoms with E-state index in [-0.39, 0.29) is 5.78 Å². The summed E-state index contributed by atoms with van der Waals surface area (Å²) in [5, 5.41) is 7.75. The average molecular weight is 258 g/mol. The maximum Gasteiger partial charge on any atom is 0.186 e. The van der Waals surface area contributed by atoms with Gasteiger partial charge in [0, 0.05) is 19.5 Å². The molecule has 19 heavy (non-hydrogen) atoms. The molecule has 5 heteroatoms. The molecule has 2 aromatic rings. The van der Waals surface area contributed by atoms with Crippen molar-refractivity contribution in [2.24, 2.45) is 5.73 Å². The van der Waals surface area contributed by atoms with E-state index in [4.69, 9.17) is 5.73 Å². The summed E-state index contributed by atoms with van der Waals surface area (Å²) in [4.78, 5) is 12.3. The number of rotatable bonds is 6. The van der Waals surface area contributed by atoms with Gasteiger partial charge in [0.1, 0.15) is 5.69 Å². The fourth-order valence-electron chi connectivity index (χ4n) is 2.04. The number of ketones is 1. The quantitative estimate of drug-likeness (QED) is 0.798. The van der Waals surface area contributed by atoms with Crippen LogP contribution >= 0.6 is 0 Å². The molecule has 100 valence electrons. The van der Waals surface area contributed by atoms with E-state index in [2.05, 4.69) is 10.3 Å². The van der Waals surface area contributed by atoms with Crippen molar-refractivity contribution in [3.63, 3.8) is 0 Å². The number of aryl methyl sites for hydroxylation is 1. The lowest BCUT2D eigenvalue weighted by Crippen LogP contribution is -2.14. The van der Waals surface area contributed by atoms with Crippen molar-refractivity contribution in [1.82, 2.24) is 15.0 Å². The van der Waals surface area contributed by atoms with Gasteiger partial charge in [-0.1, -0.05) is 36.4 Å². The first kappa shape index (κ1) is 13.4. The number of carbonyl (C=O) groups excluding carboxylic acids is 1. The highest BCUT2D eigenvalue weighted by molar-refractivity contribution is 5.95. The van der Waals surface area contributed by atoms with Gasteiger partial charge >= 0.3 is 0 Å². The Balaban J connectivity index is 2.18. The van der Waals surface area contributed by atoms with Gasteiger partial charge in [-0.05, 0) is 17.5 Å². The highest BCUT2D eigenvalue weighted by atomic mass is 16.1. The summed E-state index contributed by atoms with van der Waals surface area (Å²) < 4.78 is 1.66. The fraction of sp³-hybridized carbons (Fsp3) is 0.357. The Hall–Kier alpha value is -2.01. The summed E-state index contributed by atoms with van der Waals surface area (Å²) in [5.74, 6) is 0.0272. The molecule has 0 bridgehead atoms. The van der Waals surface area contributed by atoms with Gasteiger partial charge in [0.25, 0.3) is 0 Å². The summed E-state index contributed by atoms with van der Waals surface area (Å²) in [7, 11) is 0. The van der Waals surface area contributed by atoms with E-state index in [9.17, 15) is 4.79 Å². The highest BCUT2D eigenvalue weighted by Gasteiger charge is 2.14. The molecule has 0 unspecified atom stereocenters. The summed E-state index contributed by atoms with van der Waals surface area (Å²) in [6.07, 6.45) is 2.79. The van der Waals surface area contributed by atoms with Gasteiger partial charge < -0.3 is 5.73 Å². The first-order valence-corrected chi connectivity index (χ1v) is 6.44. The summed E-state index contributed by atoms with van der Waals surface area (Å²) in [6, 6.07) is 7.74. The van der Waals surface area contributed by atoms with Crippen LogP contribution < -0.4 is 5.73 Å². The summed E-state index contributed by atoms with van der Waals surface area (Å²) in [5.41, 5.74) is 8.22. The lowest BCUT2D eigenvalue weighted by atomic mass is 10.0. The van der Waals surface area contributed by atoms with Crippen LogP contribution in [0.3, 0.4) is 0 Å². The first-order valence-electron chi connectivity index (χ1n) is 6.44. The molecular weight excluding hydrogens is 240 g/mol. The number of aromatic nitrogens is 3. The van der Waals surface area contributed by atoms with E-state index in [0.717, 1.165) is 17.5 Å². The number of hydrogen-bond donors (Lipinski definition) is 1. The standard InChI is InChI=1S/C14H18N4O/c1-2-7-18-13(10-16-17-18)14(19)8-11-5-3-4-6-12(11)9-15/h3-6,10H,2,7-9,15H2,1H3. The van der Waals surface area contributed by atoms with Gasteiger partial charge in [-0.3, -0.25) is 4.79 Å². The number of Topliss-reactive ketones (excluding diaryl/α,β-unsaturated/α-hetero) is 1. The minimum atomic E-state index is 0.0272. The Labute approximate surface area is 112 Å². The SMILES string of the molecule is CCCn1nncc1C(=O)Cc1ccccc1CN. The zero-order valence-electron chi connectivity index (χ0n) is 11.0. The van der Waals surface area contributed by atoms with Gasteiger partial charge in [-0.15, -0.1) is 5.10 Å². The molecule has 1 heterocycles. The van der Waals surface area contributed by atoms with Crippen molar-refractivity contribution in [3.05, 3.63) is 47.3 Å². The number of hydrogen-bond acceptors (Lipinski definition) is 4. The minimum absolute atomic E-state index is 0.0272. The molecule has 2 N–H and O–H groups in total.